The zero-order valence-electron chi connectivity index (χ0n) is 12.1. The van der Waals surface area contributed by atoms with Gasteiger partial charge in [0.25, 0.3) is 0 Å². The quantitative estimate of drug-likeness (QED) is 0.577. The monoisotopic (exact) mass is 278 g/mol. The first-order chi connectivity index (χ1) is 10.3. The molecular weight excluding hydrogens is 260 g/mol. The van der Waals surface area contributed by atoms with E-state index in [0.717, 1.165) is 29.8 Å². The van der Waals surface area contributed by atoms with Gasteiger partial charge in [-0.1, -0.05) is 37.6 Å². The van der Waals surface area contributed by atoms with Crippen molar-refractivity contribution in [3.63, 3.8) is 0 Å². The molecule has 21 heavy (non-hydrogen) atoms. The van der Waals surface area contributed by atoms with Crippen molar-refractivity contribution in [2.24, 2.45) is 4.99 Å². The lowest BCUT2D eigenvalue weighted by Crippen LogP contribution is -1.96. The fourth-order valence-corrected chi connectivity index (χ4v) is 1.80. The van der Waals surface area contributed by atoms with Crippen LogP contribution in [0.15, 0.2) is 53.5 Å². The van der Waals surface area contributed by atoms with Crippen LogP contribution in [-0.4, -0.2) is 12.8 Å². The molecule has 0 aliphatic carbocycles. The van der Waals surface area contributed by atoms with E-state index >= 15 is 0 Å². The summed E-state index contributed by atoms with van der Waals surface area (Å²) in [5.41, 5.74) is 2.42. The van der Waals surface area contributed by atoms with E-state index in [4.69, 9.17) is 10.00 Å². The normalized spacial score (nSPS) is 10.5. The number of hydrogen-bond donors (Lipinski definition) is 0. The molecule has 0 fully saturated rings. The average Bonchev–Trinajstić information content (AvgIpc) is 2.54. The Balaban J connectivity index is 2.10. The van der Waals surface area contributed by atoms with Crippen LogP contribution in [0.4, 0.5) is 5.69 Å². The number of rotatable bonds is 6. The highest BCUT2D eigenvalue weighted by molar-refractivity contribution is 5.82. The van der Waals surface area contributed by atoms with Crippen molar-refractivity contribution in [3.05, 3.63) is 59.7 Å². The SMILES string of the molecule is CCCCOc1ccccc1N=Cc1ccc(C#N)cc1. The molecule has 0 bridgehead atoms. The van der Waals surface area contributed by atoms with Gasteiger partial charge in [-0.3, -0.25) is 4.99 Å². The summed E-state index contributed by atoms with van der Waals surface area (Å²) in [5, 5.41) is 8.78. The molecule has 0 saturated heterocycles. The summed E-state index contributed by atoms with van der Waals surface area (Å²) in [6, 6.07) is 17.2. The lowest BCUT2D eigenvalue weighted by atomic mass is 10.2. The minimum atomic E-state index is 0.649. The van der Waals surface area contributed by atoms with Gasteiger partial charge in [-0.25, -0.2) is 0 Å². The summed E-state index contributed by atoms with van der Waals surface area (Å²) in [4.78, 5) is 4.48. The third kappa shape index (κ3) is 4.47. The van der Waals surface area contributed by atoms with E-state index in [-0.39, 0.29) is 0 Å². The first-order valence-electron chi connectivity index (χ1n) is 7.09. The maximum absolute atomic E-state index is 8.78. The van der Waals surface area contributed by atoms with Gasteiger partial charge in [0.2, 0.25) is 0 Å². The summed E-state index contributed by atoms with van der Waals surface area (Å²) >= 11 is 0. The van der Waals surface area contributed by atoms with Gasteiger partial charge in [0.05, 0.1) is 18.2 Å². The number of aliphatic imine (C=N–C) groups is 1. The van der Waals surface area contributed by atoms with E-state index in [9.17, 15) is 0 Å². The van der Waals surface area contributed by atoms with Crippen LogP contribution in [0.5, 0.6) is 5.75 Å². The third-order valence-electron chi connectivity index (χ3n) is 3.01. The Hall–Kier alpha value is -2.60. The zero-order chi connectivity index (χ0) is 14.9. The summed E-state index contributed by atoms with van der Waals surface area (Å²) < 4.78 is 5.75. The van der Waals surface area contributed by atoms with Crippen molar-refractivity contribution in [1.29, 1.82) is 5.26 Å². The van der Waals surface area contributed by atoms with E-state index in [0.29, 0.717) is 12.2 Å². The second-order valence-corrected chi connectivity index (χ2v) is 4.66. The molecule has 0 aromatic heterocycles. The van der Waals surface area contributed by atoms with E-state index < -0.39 is 0 Å². The van der Waals surface area contributed by atoms with Crippen LogP contribution >= 0.6 is 0 Å². The fourth-order valence-electron chi connectivity index (χ4n) is 1.80. The maximum Gasteiger partial charge on any atom is 0.144 e. The van der Waals surface area contributed by atoms with Gasteiger partial charge < -0.3 is 4.74 Å². The first kappa shape index (κ1) is 14.8. The Morgan fingerprint density at radius 1 is 1.14 bits per heavy atom. The summed E-state index contributed by atoms with van der Waals surface area (Å²) in [7, 11) is 0. The summed E-state index contributed by atoms with van der Waals surface area (Å²) in [5.74, 6) is 0.802. The van der Waals surface area contributed by atoms with Gasteiger partial charge in [0.15, 0.2) is 0 Å². The van der Waals surface area contributed by atoms with Crippen LogP contribution in [0, 0.1) is 11.3 Å². The molecular formula is C18H18N2O. The first-order valence-corrected chi connectivity index (χ1v) is 7.09. The van der Waals surface area contributed by atoms with Crippen molar-refractivity contribution in [2.75, 3.05) is 6.61 Å². The van der Waals surface area contributed by atoms with Crippen molar-refractivity contribution >= 4 is 11.9 Å². The molecule has 106 valence electrons. The molecule has 0 amide bonds. The van der Waals surface area contributed by atoms with Gasteiger partial charge in [-0.05, 0) is 36.2 Å². The second kappa shape index (κ2) is 7.86. The van der Waals surface area contributed by atoms with Crippen LogP contribution in [0.1, 0.15) is 30.9 Å². The molecule has 0 aliphatic rings. The lowest BCUT2D eigenvalue weighted by Gasteiger charge is -2.07. The van der Waals surface area contributed by atoms with Crippen molar-refractivity contribution in [3.8, 4) is 11.8 Å². The highest BCUT2D eigenvalue weighted by Gasteiger charge is 2.00. The Kier molecular flexibility index (Phi) is 5.54. The number of ether oxygens (including phenoxy) is 1. The maximum atomic E-state index is 8.78. The Bertz CT molecular complexity index is 639. The lowest BCUT2D eigenvalue weighted by molar-refractivity contribution is 0.310. The van der Waals surface area contributed by atoms with Crippen LogP contribution in [0.3, 0.4) is 0 Å². The zero-order valence-corrected chi connectivity index (χ0v) is 12.1. The molecule has 2 aromatic carbocycles. The standard InChI is InChI=1S/C18H18N2O/c1-2-3-12-21-18-7-5-4-6-17(18)20-14-16-10-8-15(13-19)9-11-16/h4-11,14H,2-3,12H2,1H3. The smallest absolute Gasteiger partial charge is 0.144 e. The molecule has 0 radical (unpaired) electrons. The van der Waals surface area contributed by atoms with Crippen molar-refractivity contribution in [2.45, 2.75) is 19.8 Å². The van der Waals surface area contributed by atoms with Crippen LogP contribution < -0.4 is 4.74 Å². The molecule has 0 saturated carbocycles. The molecule has 0 atom stereocenters. The molecule has 0 spiro atoms. The molecule has 3 heteroatoms. The topological polar surface area (TPSA) is 45.4 Å². The summed E-state index contributed by atoms with van der Waals surface area (Å²) in [6.07, 6.45) is 3.92. The number of hydrogen-bond acceptors (Lipinski definition) is 3. The Labute approximate surface area is 125 Å². The number of unbranched alkanes of at least 4 members (excludes halogenated alkanes) is 1. The molecule has 0 N–H and O–H groups in total. The van der Waals surface area contributed by atoms with Crippen molar-refractivity contribution in [1.82, 2.24) is 0 Å². The van der Waals surface area contributed by atoms with E-state index in [2.05, 4.69) is 18.0 Å². The molecule has 0 heterocycles. The summed E-state index contributed by atoms with van der Waals surface area (Å²) in [6.45, 7) is 2.85. The number of nitrogens with zero attached hydrogens (tertiary/aromatic N) is 2. The molecule has 0 unspecified atom stereocenters. The van der Waals surface area contributed by atoms with Gasteiger partial charge in [-0.15, -0.1) is 0 Å². The van der Waals surface area contributed by atoms with Crippen LogP contribution in [0.25, 0.3) is 0 Å². The highest BCUT2D eigenvalue weighted by Crippen LogP contribution is 2.26. The highest BCUT2D eigenvalue weighted by atomic mass is 16.5. The minimum absolute atomic E-state index is 0.649. The second-order valence-electron chi connectivity index (χ2n) is 4.66. The van der Waals surface area contributed by atoms with Crippen LogP contribution in [-0.2, 0) is 0 Å². The number of benzene rings is 2. The van der Waals surface area contributed by atoms with E-state index in [1.54, 1.807) is 18.3 Å². The molecule has 2 rings (SSSR count). The predicted molar refractivity (Wildman–Crippen MR) is 85.3 cm³/mol. The fraction of sp³-hybridized carbons (Fsp3) is 0.222. The Morgan fingerprint density at radius 2 is 1.90 bits per heavy atom. The minimum Gasteiger partial charge on any atom is -0.491 e. The van der Waals surface area contributed by atoms with Gasteiger partial charge in [-0.2, -0.15) is 5.26 Å². The van der Waals surface area contributed by atoms with E-state index in [1.807, 2.05) is 36.4 Å². The van der Waals surface area contributed by atoms with E-state index in [1.165, 1.54) is 0 Å². The van der Waals surface area contributed by atoms with Crippen LogP contribution in [0.2, 0.25) is 0 Å². The Morgan fingerprint density at radius 3 is 2.62 bits per heavy atom. The average molecular weight is 278 g/mol. The predicted octanol–water partition coefficient (Wildman–Crippen LogP) is 4.49. The van der Waals surface area contributed by atoms with Gasteiger partial charge >= 0.3 is 0 Å². The third-order valence-corrected chi connectivity index (χ3v) is 3.01. The van der Waals surface area contributed by atoms with Gasteiger partial charge in [0.1, 0.15) is 11.4 Å². The number of para-hydroxylation sites is 2. The van der Waals surface area contributed by atoms with Crippen molar-refractivity contribution < 1.29 is 4.74 Å². The largest absolute Gasteiger partial charge is 0.491 e. The molecule has 0 aliphatic heterocycles. The molecule has 2 aromatic rings. The number of nitriles is 1. The molecule has 3 nitrogen and oxygen atoms in total. The van der Waals surface area contributed by atoms with Gasteiger partial charge in [0, 0.05) is 6.21 Å².